The van der Waals surface area contributed by atoms with E-state index in [9.17, 15) is 8.42 Å². The lowest BCUT2D eigenvalue weighted by atomic mass is 10.1. The number of hydrogen-bond donors (Lipinski definition) is 1. The molecule has 1 heterocycles. The number of nitrogen functional groups attached to an aromatic ring is 1. The number of nitrogens with two attached hydrogens (primary N) is 1. The van der Waals surface area contributed by atoms with Gasteiger partial charge in [0, 0.05) is 5.39 Å². The number of nitrogens with zero attached hydrogens (tertiary/aromatic N) is 1. The van der Waals surface area contributed by atoms with Crippen molar-refractivity contribution in [3.8, 4) is 16.9 Å². The van der Waals surface area contributed by atoms with Crippen molar-refractivity contribution in [2.75, 3.05) is 5.73 Å². The highest BCUT2D eigenvalue weighted by Crippen LogP contribution is 2.28. The zero-order valence-electron chi connectivity index (χ0n) is 14.2. The third kappa shape index (κ3) is 3.47. The van der Waals surface area contributed by atoms with E-state index < -0.39 is 10.1 Å². The van der Waals surface area contributed by atoms with Gasteiger partial charge in [-0.1, -0.05) is 54.6 Å². The Labute approximate surface area is 157 Å². The summed E-state index contributed by atoms with van der Waals surface area (Å²) in [7, 11) is -4.00. The Balaban J connectivity index is 1.67. The molecule has 0 saturated heterocycles. The lowest BCUT2D eigenvalue weighted by Gasteiger charge is -2.10. The number of fused-ring (bicyclic) bond motifs is 1. The molecule has 1 aromatic heterocycles. The number of rotatable bonds is 4. The van der Waals surface area contributed by atoms with Crippen LogP contribution in [0, 0.1) is 0 Å². The average molecular weight is 376 g/mol. The predicted octanol–water partition coefficient (Wildman–Crippen LogP) is 4.25. The van der Waals surface area contributed by atoms with Gasteiger partial charge in [0.15, 0.2) is 5.75 Å². The van der Waals surface area contributed by atoms with Gasteiger partial charge in [-0.3, -0.25) is 0 Å². The Bertz CT molecular complexity index is 1210. The molecule has 134 valence electrons. The third-order valence-corrected chi connectivity index (χ3v) is 5.40. The fraction of sp³-hybridized carbons (Fsp3) is 0. The monoisotopic (exact) mass is 376 g/mol. The van der Waals surface area contributed by atoms with Gasteiger partial charge in [-0.05, 0) is 41.5 Å². The number of pyridine rings is 1. The average Bonchev–Trinajstić information content (AvgIpc) is 2.69. The molecule has 0 saturated carbocycles. The van der Waals surface area contributed by atoms with Crippen LogP contribution in [0.15, 0.2) is 89.8 Å². The molecule has 0 bridgehead atoms. The number of para-hydroxylation sites is 1. The van der Waals surface area contributed by atoms with E-state index >= 15 is 0 Å². The molecule has 0 aliphatic carbocycles. The SMILES string of the molecule is Nc1ccc2cccc(OS(=O)(=O)c3ccc(-c4ccccc4)cc3)c2n1. The zero-order valence-corrected chi connectivity index (χ0v) is 15.1. The van der Waals surface area contributed by atoms with E-state index in [4.69, 9.17) is 9.92 Å². The van der Waals surface area contributed by atoms with Gasteiger partial charge in [0.1, 0.15) is 16.2 Å². The summed E-state index contributed by atoms with van der Waals surface area (Å²) in [5.74, 6) is 0.440. The van der Waals surface area contributed by atoms with Crippen molar-refractivity contribution in [3.05, 3.63) is 84.9 Å². The minimum absolute atomic E-state index is 0.0723. The van der Waals surface area contributed by atoms with Gasteiger partial charge in [-0.25, -0.2) is 4.98 Å². The van der Waals surface area contributed by atoms with Crippen molar-refractivity contribution in [1.82, 2.24) is 4.98 Å². The van der Waals surface area contributed by atoms with Crippen LogP contribution in [0.3, 0.4) is 0 Å². The molecular weight excluding hydrogens is 360 g/mol. The number of hydrogen-bond acceptors (Lipinski definition) is 5. The summed E-state index contributed by atoms with van der Waals surface area (Å²) in [5.41, 5.74) is 8.06. The summed E-state index contributed by atoms with van der Waals surface area (Å²) in [5, 5.41) is 0.747. The Hall–Kier alpha value is -3.38. The van der Waals surface area contributed by atoms with E-state index in [0.717, 1.165) is 16.5 Å². The number of aromatic nitrogens is 1. The van der Waals surface area contributed by atoms with Crippen molar-refractivity contribution < 1.29 is 12.6 Å². The lowest BCUT2D eigenvalue weighted by Crippen LogP contribution is -2.10. The predicted molar refractivity (Wildman–Crippen MR) is 106 cm³/mol. The maximum atomic E-state index is 12.7. The van der Waals surface area contributed by atoms with Crippen LogP contribution >= 0.6 is 0 Å². The number of benzene rings is 3. The van der Waals surface area contributed by atoms with Gasteiger partial charge >= 0.3 is 10.1 Å². The largest absolute Gasteiger partial charge is 0.384 e. The Morgan fingerprint density at radius 2 is 1.44 bits per heavy atom. The molecule has 0 aliphatic heterocycles. The molecule has 0 radical (unpaired) electrons. The summed E-state index contributed by atoms with van der Waals surface area (Å²) < 4.78 is 30.7. The maximum absolute atomic E-state index is 12.7. The normalized spacial score (nSPS) is 11.4. The molecule has 3 aromatic carbocycles. The van der Waals surface area contributed by atoms with Crippen molar-refractivity contribution in [2.45, 2.75) is 4.90 Å². The van der Waals surface area contributed by atoms with Crippen molar-refractivity contribution in [3.63, 3.8) is 0 Å². The second-order valence-corrected chi connectivity index (χ2v) is 7.54. The topological polar surface area (TPSA) is 82.3 Å². The highest BCUT2D eigenvalue weighted by Gasteiger charge is 2.18. The fourth-order valence-electron chi connectivity index (χ4n) is 2.81. The molecular formula is C21H16N2O3S. The van der Waals surface area contributed by atoms with Crippen LogP contribution in [0.4, 0.5) is 5.82 Å². The Kier molecular flexibility index (Phi) is 4.25. The van der Waals surface area contributed by atoms with Crippen LogP contribution in [-0.4, -0.2) is 13.4 Å². The second-order valence-electron chi connectivity index (χ2n) is 5.99. The van der Waals surface area contributed by atoms with E-state index in [0.29, 0.717) is 11.3 Å². The quantitative estimate of drug-likeness (QED) is 0.538. The van der Waals surface area contributed by atoms with E-state index in [1.807, 2.05) is 36.4 Å². The first-order valence-corrected chi connectivity index (χ1v) is 9.69. The highest BCUT2D eigenvalue weighted by atomic mass is 32.2. The van der Waals surface area contributed by atoms with Gasteiger partial charge in [0.2, 0.25) is 0 Å². The minimum Gasteiger partial charge on any atom is -0.384 e. The van der Waals surface area contributed by atoms with Crippen LogP contribution in [0.5, 0.6) is 5.75 Å². The van der Waals surface area contributed by atoms with Crippen LogP contribution in [0.1, 0.15) is 0 Å². The van der Waals surface area contributed by atoms with E-state index in [1.165, 1.54) is 12.1 Å². The smallest absolute Gasteiger partial charge is 0.339 e. The summed E-state index contributed by atoms with van der Waals surface area (Å²) in [6, 6.07) is 24.8. The van der Waals surface area contributed by atoms with E-state index in [1.54, 1.807) is 36.4 Å². The van der Waals surface area contributed by atoms with Crippen LogP contribution < -0.4 is 9.92 Å². The zero-order chi connectivity index (χ0) is 18.9. The molecule has 2 N–H and O–H groups in total. The molecule has 0 fully saturated rings. The van der Waals surface area contributed by atoms with Crippen molar-refractivity contribution in [2.24, 2.45) is 0 Å². The molecule has 27 heavy (non-hydrogen) atoms. The van der Waals surface area contributed by atoms with Gasteiger partial charge in [-0.15, -0.1) is 0 Å². The maximum Gasteiger partial charge on any atom is 0.339 e. The summed E-state index contributed by atoms with van der Waals surface area (Å²) in [6.45, 7) is 0. The van der Waals surface area contributed by atoms with Gasteiger partial charge < -0.3 is 9.92 Å². The Morgan fingerprint density at radius 1 is 0.741 bits per heavy atom. The molecule has 0 aliphatic rings. The molecule has 6 heteroatoms. The minimum atomic E-state index is -4.00. The highest BCUT2D eigenvalue weighted by molar-refractivity contribution is 7.87. The van der Waals surface area contributed by atoms with E-state index in [-0.39, 0.29) is 10.6 Å². The molecule has 0 amide bonds. The summed E-state index contributed by atoms with van der Waals surface area (Å²) in [4.78, 5) is 4.27. The molecule has 0 spiro atoms. The van der Waals surface area contributed by atoms with Crippen LogP contribution in [0.25, 0.3) is 22.0 Å². The Morgan fingerprint density at radius 3 is 2.19 bits per heavy atom. The summed E-state index contributed by atoms with van der Waals surface area (Å²) >= 11 is 0. The van der Waals surface area contributed by atoms with Crippen molar-refractivity contribution in [1.29, 1.82) is 0 Å². The first kappa shape index (κ1) is 17.1. The first-order chi connectivity index (χ1) is 13.0. The van der Waals surface area contributed by atoms with E-state index in [2.05, 4.69) is 4.98 Å². The van der Waals surface area contributed by atoms with Gasteiger partial charge in [-0.2, -0.15) is 8.42 Å². The third-order valence-electron chi connectivity index (χ3n) is 4.15. The molecule has 0 unspecified atom stereocenters. The molecule has 0 atom stereocenters. The lowest BCUT2D eigenvalue weighted by molar-refractivity contribution is 0.488. The molecule has 4 rings (SSSR count). The first-order valence-electron chi connectivity index (χ1n) is 8.28. The number of anilines is 1. The standard InChI is InChI=1S/C21H16N2O3S/c22-20-14-11-17-7-4-8-19(21(17)23-20)26-27(24,25)18-12-9-16(10-13-18)15-5-2-1-3-6-15/h1-14H,(H2,22,23). The summed E-state index contributed by atoms with van der Waals surface area (Å²) in [6.07, 6.45) is 0. The van der Waals surface area contributed by atoms with Gasteiger partial charge in [0.25, 0.3) is 0 Å². The van der Waals surface area contributed by atoms with Crippen LogP contribution in [-0.2, 0) is 10.1 Å². The van der Waals surface area contributed by atoms with Crippen LogP contribution in [0.2, 0.25) is 0 Å². The molecule has 4 aromatic rings. The fourth-order valence-corrected chi connectivity index (χ4v) is 3.75. The van der Waals surface area contributed by atoms with Crippen molar-refractivity contribution >= 4 is 26.8 Å². The van der Waals surface area contributed by atoms with Gasteiger partial charge in [0.05, 0.1) is 0 Å². The molecule has 5 nitrogen and oxygen atoms in total. The second kappa shape index (κ2) is 6.74.